The molecule has 5 rings (SSSR count). The normalized spacial score (nSPS) is 18.2. The molecule has 1 aliphatic heterocycles. The molecule has 1 saturated heterocycles. The van der Waals surface area contributed by atoms with Gasteiger partial charge in [-0.15, -0.1) is 0 Å². The summed E-state index contributed by atoms with van der Waals surface area (Å²) in [6, 6.07) is 9.98. The van der Waals surface area contributed by atoms with Gasteiger partial charge in [0, 0.05) is 38.8 Å². The first-order chi connectivity index (χ1) is 14.2. The lowest BCUT2D eigenvalue weighted by atomic mass is 9.97. The molecule has 0 unspecified atom stereocenters. The molecule has 0 spiro atoms. The fourth-order valence-corrected chi connectivity index (χ4v) is 4.46. The summed E-state index contributed by atoms with van der Waals surface area (Å²) in [4.78, 5) is 25.3. The standard InChI is InChI=1S/C22H28N6O/c29-22-15-17-5-1-2-6-18(17)25-28(22)14-13-26-9-11-27(12-10-26)16-21-23-19-7-3-4-8-20(19)24-21/h3-4,7-8,15H,1-2,5-6,9-14,16H2,(H,23,24). The van der Waals surface area contributed by atoms with Crippen LogP contribution in [0.15, 0.2) is 35.1 Å². The van der Waals surface area contributed by atoms with Crippen LogP contribution in [0, 0.1) is 0 Å². The quantitative estimate of drug-likeness (QED) is 0.717. The number of benzene rings is 1. The first kappa shape index (κ1) is 18.5. The first-order valence-electron chi connectivity index (χ1n) is 10.7. The molecule has 29 heavy (non-hydrogen) atoms. The van der Waals surface area contributed by atoms with Gasteiger partial charge in [0.1, 0.15) is 5.82 Å². The minimum atomic E-state index is 0.0502. The molecule has 1 aliphatic carbocycles. The number of aromatic nitrogens is 4. The van der Waals surface area contributed by atoms with E-state index in [4.69, 9.17) is 0 Å². The van der Waals surface area contributed by atoms with Crippen LogP contribution in [0.2, 0.25) is 0 Å². The maximum absolute atomic E-state index is 12.4. The third-order valence-corrected chi connectivity index (χ3v) is 6.18. The zero-order valence-electron chi connectivity index (χ0n) is 16.8. The molecule has 0 amide bonds. The summed E-state index contributed by atoms with van der Waals surface area (Å²) in [5, 5.41) is 4.64. The minimum absolute atomic E-state index is 0.0502. The molecule has 0 bridgehead atoms. The van der Waals surface area contributed by atoms with Crippen LogP contribution in [0.1, 0.15) is 29.9 Å². The highest BCUT2D eigenvalue weighted by atomic mass is 16.1. The molecule has 2 aliphatic rings. The Morgan fingerprint density at radius 2 is 1.76 bits per heavy atom. The number of aromatic amines is 1. The van der Waals surface area contributed by atoms with Crippen LogP contribution in [0.4, 0.5) is 0 Å². The van der Waals surface area contributed by atoms with Gasteiger partial charge in [-0.3, -0.25) is 14.6 Å². The van der Waals surface area contributed by atoms with Crippen molar-refractivity contribution in [2.75, 3.05) is 32.7 Å². The van der Waals surface area contributed by atoms with E-state index >= 15 is 0 Å². The Bertz CT molecular complexity index is 1010. The highest BCUT2D eigenvalue weighted by Crippen LogP contribution is 2.17. The molecule has 0 atom stereocenters. The summed E-state index contributed by atoms with van der Waals surface area (Å²) < 4.78 is 1.67. The van der Waals surface area contributed by atoms with E-state index in [9.17, 15) is 4.79 Å². The Hall–Kier alpha value is -2.51. The molecule has 1 fully saturated rings. The molecule has 1 aromatic carbocycles. The van der Waals surface area contributed by atoms with E-state index < -0.39 is 0 Å². The predicted octanol–water partition coefficient (Wildman–Crippen LogP) is 1.82. The molecule has 3 aromatic rings. The zero-order valence-corrected chi connectivity index (χ0v) is 16.8. The van der Waals surface area contributed by atoms with E-state index in [0.717, 1.165) is 80.2 Å². The van der Waals surface area contributed by atoms with Crippen LogP contribution >= 0.6 is 0 Å². The molecule has 7 heteroatoms. The molecule has 1 N–H and O–H groups in total. The van der Waals surface area contributed by atoms with Crippen LogP contribution in [0.25, 0.3) is 11.0 Å². The molecule has 7 nitrogen and oxygen atoms in total. The summed E-state index contributed by atoms with van der Waals surface area (Å²) in [5.41, 5.74) is 4.48. The van der Waals surface area contributed by atoms with Gasteiger partial charge in [-0.2, -0.15) is 5.10 Å². The van der Waals surface area contributed by atoms with Crippen molar-refractivity contribution in [2.45, 2.75) is 38.8 Å². The van der Waals surface area contributed by atoms with Crippen LogP contribution in [0.5, 0.6) is 0 Å². The Morgan fingerprint density at radius 1 is 0.966 bits per heavy atom. The van der Waals surface area contributed by atoms with Crippen LogP contribution in [-0.4, -0.2) is 62.3 Å². The lowest BCUT2D eigenvalue weighted by Crippen LogP contribution is -2.47. The van der Waals surface area contributed by atoms with Gasteiger partial charge in [-0.25, -0.2) is 9.67 Å². The molecule has 0 radical (unpaired) electrons. The largest absolute Gasteiger partial charge is 0.341 e. The molecule has 0 saturated carbocycles. The number of hydrogen-bond donors (Lipinski definition) is 1. The van der Waals surface area contributed by atoms with Crippen molar-refractivity contribution >= 4 is 11.0 Å². The van der Waals surface area contributed by atoms with E-state index in [0.29, 0.717) is 6.54 Å². The van der Waals surface area contributed by atoms with Gasteiger partial charge in [0.05, 0.1) is 29.8 Å². The first-order valence-corrected chi connectivity index (χ1v) is 10.7. The summed E-state index contributed by atoms with van der Waals surface area (Å²) in [7, 11) is 0. The van der Waals surface area contributed by atoms with Gasteiger partial charge >= 0.3 is 0 Å². The second-order valence-electron chi connectivity index (χ2n) is 8.20. The van der Waals surface area contributed by atoms with Gasteiger partial charge in [-0.1, -0.05) is 12.1 Å². The SMILES string of the molecule is O=c1cc2c(nn1CCN1CCN(Cc3nc4ccccc4[nH]3)CC1)CCCC2. The van der Waals surface area contributed by atoms with Crippen molar-refractivity contribution in [3.63, 3.8) is 0 Å². The van der Waals surface area contributed by atoms with Crippen LogP contribution in [-0.2, 0) is 25.9 Å². The summed E-state index contributed by atoms with van der Waals surface area (Å²) in [6.07, 6.45) is 4.38. The van der Waals surface area contributed by atoms with Gasteiger partial charge in [-0.05, 0) is 43.4 Å². The Balaban J connectivity index is 1.14. The van der Waals surface area contributed by atoms with E-state index in [1.165, 1.54) is 12.8 Å². The van der Waals surface area contributed by atoms with Gasteiger partial charge in [0.25, 0.3) is 5.56 Å². The molecule has 2 aromatic heterocycles. The number of piperazine rings is 1. The molecule has 152 valence electrons. The van der Waals surface area contributed by atoms with Crippen molar-refractivity contribution in [3.05, 3.63) is 57.8 Å². The van der Waals surface area contributed by atoms with Crippen molar-refractivity contribution < 1.29 is 0 Å². The number of nitrogens with one attached hydrogen (secondary N) is 1. The zero-order chi connectivity index (χ0) is 19.6. The lowest BCUT2D eigenvalue weighted by molar-refractivity contribution is 0.121. The van der Waals surface area contributed by atoms with Crippen LogP contribution in [0.3, 0.4) is 0 Å². The van der Waals surface area contributed by atoms with Gasteiger partial charge < -0.3 is 4.98 Å². The maximum atomic E-state index is 12.4. The highest BCUT2D eigenvalue weighted by Gasteiger charge is 2.19. The average molecular weight is 393 g/mol. The summed E-state index contributed by atoms with van der Waals surface area (Å²) in [5.74, 6) is 1.03. The minimum Gasteiger partial charge on any atom is -0.341 e. The van der Waals surface area contributed by atoms with E-state index in [1.807, 2.05) is 24.3 Å². The number of imidazole rings is 1. The summed E-state index contributed by atoms with van der Waals surface area (Å²) >= 11 is 0. The Morgan fingerprint density at radius 3 is 2.62 bits per heavy atom. The average Bonchev–Trinajstić information content (AvgIpc) is 3.15. The molecular formula is C22H28N6O. The second kappa shape index (κ2) is 8.08. The number of hydrogen-bond acceptors (Lipinski definition) is 5. The van der Waals surface area contributed by atoms with Crippen molar-refractivity contribution in [2.24, 2.45) is 0 Å². The molecule has 3 heterocycles. The maximum Gasteiger partial charge on any atom is 0.267 e. The number of rotatable bonds is 5. The summed E-state index contributed by atoms with van der Waals surface area (Å²) in [6.45, 7) is 6.47. The Kier molecular flexibility index (Phi) is 5.16. The number of nitrogens with zero attached hydrogens (tertiary/aromatic N) is 5. The number of para-hydroxylation sites is 2. The third-order valence-electron chi connectivity index (χ3n) is 6.18. The van der Waals surface area contributed by atoms with Crippen molar-refractivity contribution in [3.8, 4) is 0 Å². The van der Waals surface area contributed by atoms with E-state index in [-0.39, 0.29) is 5.56 Å². The third kappa shape index (κ3) is 4.11. The Labute approximate surface area is 170 Å². The number of aryl methyl sites for hydroxylation is 2. The molecular weight excluding hydrogens is 364 g/mol. The number of fused-ring (bicyclic) bond motifs is 2. The monoisotopic (exact) mass is 392 g/mol. The smallest absolute Gasteiger partial charge is 0.267 e. The van der Waals surface area contributed by atoms with Gasteiger partial charge in [0.2, 0.25) is 0 Å². The van der Waals surface area contributed by atoms with Crippen LogP contribution < -0.4 is 5.56 Å². The highest BCUT2D eigenvalue weighted by molar-refractivity contribution is 5.74. The van der Waals surface area contributed by atoms with E-state index in [2.05, 4.69) is 30.9 Å². The lowest BCUT2D eigenvalue weighted by Gasteiger charge is -2.34. The predicted molar refractivity (Wildman–Crippen MR) is 113 cm³/mol. The topological polar surface area (TPSA) is 70.1 Å². The van der Waals surface area contributed by atoms with Crippen molar-refractivity contribution in [1.29, 1.82) is 0 Å². The van der Waals surface area contributed by atoms with Gasteiger partial charge in [0.15, 0.2) is 0 Å². The fraction of sp³-hybridized carbons (Fsp3) is 0.500. The fourth-order valence-electron chi connectivity index (χ4n) is 4.46. The van der Waals surface area contributed by atoms with E-state index in [1.54, 1.807) is 4.68 Å². The number of H-pyrrole nitrogens is 1. The second-order valence-corrected chi connectivity index (χ2v) is 8.20. The van der Waals surface area contributed by atoms with Crippen molar-refractivity contribution in [1.82, 2.24) is 29.5 Å².